The maximum absolute atomic E-state index is 14.0. The molecule has 2 saturated heterocycles. The summed E-state index contributed by atoms with van der Waals surface area (Å²) >= 11 is 1.68. The Labute approximate surface area is 181 Å². The summed E-state index contributed by atoms with van der Waals surface area (Å²) in [6.07, 6.45) is 5.68. The van der Waals surface area contributed by atoms with E-state index in [-0.39, 0.29) is 5.92 Å². The molecular formula is C23H27N5OS. The van der Waals surface area contributed by atoms with E-state index in [2.05, 4.69) is 38.1 Å². The number of aromatic nitrogens is 3. The number of amides is 1. The molecule has 3 aromatic rings. The van der Waals surface area contributed by atoms with Crippen molar-refractivity contribution in [3.05, 3.63) is 70.4 Å². The topological polar surface area (TPSA) is 54.3 Å². The van der Waals surface area contributed by atoms with Gasteiger partial charge in [-0.2, -0.15) is 5.10 Å². The molecule has 2 atom stereocenters. The molecule has 2 aliphatic heterocycles. The van der Waals surface area contributed by atoms with Crippen molar-refractivity contribution in [3.8, 4) is 0 Å². The number of carbonyl (C=O) groups is 1. The highest BCUT2D eigenvalue weighted by molar-refractivity contribution is 7.09. The maximum Gasteiger partial charge on any atom is 0.231 e. The van der Waals surface area contributed by atoms with Gasteiger partial charge in [0.15, 0.2) is 0 Å². The van der Waals surface area contributed by atoms with E-state index < -0.39 is 5.41 Å². The number of likely N-dealkylation sites (tertiary alicyclic amines) is 2. The molecule has 1 spiro atoms. The Bertz CT molecular complexity index is 1000. The first-order valence-corrected chi connectivity index (χ1v) is 11.5. The van der Waals surface area contributed by atoms with Crippen molar-refractivity contribution in [2.24, 2.45) is 12.5 Å². The highest BCUT2D eigenvalue weighted by Gasteiger charge is 2.55. The second kappa shape index (κ2) is 7.96. The van der Waals surface area contributed by atoms with Gasteiger partial charge in [0, 0.05) is 62.6 Å². The molecule has 7 heteroatoms. The molecule has 2 aromatic heterocycles. The standard InChI is InChI=1S/C23H27N5OS/c1-26-20(8-10-25-26)19-15-27(16-21-24-11-13-30-21)17-23(19)9-5-12-28(22(23)29)14-18-6-3-2-4-7-18/h2-4,6-8,10-11,13,19H,5,9,12,14-17H2,1H3/t19-,23+/m0/s1. The van der Waals surface area contributed by atoms with Crippen molar-refractivity contribution >= 4 is 17.2 Å². The molecule has 2 fully saturated rings. The number of carbonyl (C=O) groups excluding carboxylic acids is 1. The fourth-order valence-electron chi connectivity index (χ4n) is 5.29. The molecule has 0 unspecified atom stereocenters. The van der Waals surface area contributed by atoms with Crippen LogP contribution in [0.5, 0.6) is 0 Å². The molecule has 0 saturated carbocycles. The Morgan fingerprint density at radius 3 is 2.77 bits per heavy atom. The molecule has 30 heavy (non-hydrogen) atoms. The van der Waals surface area contributed by atoms with E-state index in [1.807, 2.05) is 47.7 Å². The lowest BCUT2D eigenvalue weighted by Gasteiger charge is -2.42. The lowest BCUT2D eigenvalue weighted by atomic mass is 9.70. The minimum Gasteiger partial charge on any atom is -0.338 e. The first-order valence-electron chi connectivity index (χ1n) is 10.6. The van der Waals surface area contributed by atoms with Crippen LogP contribution >= 0.6 is 11.3 Å². The number of rotatable bonds is 5. The van der Waals surface area contributed by atoms with Crippen molar-refractivity contribution < 1.29 is 4.79 Å². The van der Waals surface area contributed by atoms with Crippen molar-refractivity contribution in [3.63, 3.8) is 0 Å². The van der Waals surface area contributed by atoms with Crippen LogP contribution in [0.4, 0.5) is 0 Å². The fourth-order valence-corrected chi connectivity index (χ4v) is 5.94. The molecule has 0 aliphatic carbocycles. The smallest absolute Gasteiger partial charge is 0.231 e. The van der Waals surface area contributed by atoms with Gasteiger partial charge in [-0.1, -0.05) is 30.3 Å². The normalized spacial score (nSPS) is 24.8. The van der Waals surface area contributed by atoms with Gasteiger partial charge < -0.3 is 4.90 Å². The summed E-state index contributed by atoms with van der Waals surface area (Å²) in [6.45, 7) is 3.97. The average molecular weight is 422 g/mol. The number of nitrogens with zero attached hydrogens (tertiary/aromatic N) is 5. The van der Waals surface area contributed by atoms with Gasteiger partial charge in [0.1, 0.15) is 5.01 Å². The van der Waals surface area contributed by atoms with E-state index >= 15 is 0 Å². The van der Waals surface area contributed by atoms with E-state index in [4.69, 9.17) is 0 Å². The zero-order valence-corrected chi connectivity index (χ0v) is 18.1. The van der Waals surface area contributed by atoms with Gasteiger partial charge in [0.05, 0.1) is 12.0 Å². The minimum absolute atomic E-state index is 0.149. The van der Waals surface area contributed by atoms with Crippen LogP contribution in [0.2, 0.25) is 0 Å². The third-order valence-electron chi connectivity index (χ3n) is 6.65. The molecule has 156 valence electrons. The minimum atomic E-state index is -0.391. The summed E-state index contributed by atoms with van der Waals surface area (Å²) in [4.78, 5) is 22.9. The van der Waals surface area contributed by atoms with Crippen molar-refractivity contribution in [1.82, 2.24) is 24.6 Å². The molecule has 0 N–H and O–H groups in total. The van der Waals surface area contributed by atoms with Crippen molar-refractivity contribution in [2.45, 2.75) is 31.8 Å². The monoisotopic (exact) mass is 421 g/mol. The lowest BCUT2D eigenvalue weighted by Crippen LogP contribution is -2.52. The summed E-state index contributed by atoms with van der Waals surface area (Å²) < 4.78 is 1.95. The van der Waals surface area contributed by atoms with Gasteiger partial charge in [-0.3, -0.25) is 14.4 Å². The number of benzene rings is 1. The Morgan fingerprint density at radius 1 is 1.17 bits per heavy atom. The van der Waals surface area contributed by atoms with Crippen LogP contribution in [0.25, 0.3) is 0 Å². The third kappa shape index (κ3) is 3.46. The van der Waals surface area contributed by atoms with E-state index in [0.717, 1.165) is 49.7 Å². The summed E-state index contributed by atoms with van der Waals surface area (Å²) in [5.74, 6) is 0.446. The second-order valence-corrected chi connectivity index (χ2v) is 9.48. The second-order valence-electron chi connectivity index (χ2n) is 8.50. The maximum atomic E-state index is 14.0. The highest BCUT2D eigenvalue weighted by Crippen LogP contribution is 2.49. The van der Waals surface area contributed by atoms with Gasteiger partial charge >= 0.3 is 0 Å². The Balaban J connectivity index is 1.46. The molecule has 2 aliphatic rings. The van der Waals surface area contributed by atoms with Crippen LogP contribution < -0.4 is 0 Å². The zero-order valence-electron chi connectivity index (χ0n) is 17.3. The van der Waals surface area contributed by atoms with E-state index in [1.54, 1.807) is 11.3 Å². The summed E-state index contributed by atoms with van der Waals surface area (Å²) in [6, 6.07) is 12.4. The van der Waals surface area contributed by atoms with E-state index in [0.29, 0.717) is 12.5 Å². The van der Waals surface area contributed by atoms with Crippen molar-refractivity contribution in [1.29, 1.82) is 0 Å². The van der Waals surface area contributed by atoms with Crippen LogP contribution in [0.3, 0.4) is 0 Å². The Morgan fingerprint density at radius 2 is 2.03 bits per heavy atom. The van der Waals surface area contributed by atoms with Gasteiger partial charge in [-0.05, 0) is 24.5 Å². The largest absolute Gasteiger partial charge is 0.338 e. The first-order chi connectivity index (χ1) is 14.7. The number of aryl methyl sites for hydroxylation is 1. The average Bonchev–Trinajstić information content (AvgIpc) is 3.48. The van der Waals surface area contributed by atoms with Crippen LogP contribution in [-0.4, -0.2) is 50.1 Å². The number of thiazole rings is 1. The first kappa shape index (κ1) is 19.5. The Hall–Kier alpha value is -2.51. The van der Waals surface area contributed by atoms with Gasteiger partial charge in [-0.15, -0.1) is 11.3 Å². The lowest BCUT2D eigenvalue weighted by molar-refractivity contribution is -0.147. The van der Waals surface area contributed by atoms with E-state index in [9.17, 15) is 4.79 Å². The molecule has 0 bridgehead atoms. The third-order valence-corrected chi connectivity index (χ3v) is 7.42. The van der Waals surface area contributed by atoms with Crippen LogP contribution in [0.1, 0.15) is 35.0 Å². The molecule has 4 heterocycles. The molecule has 1 aromatic carbocycles. The van der Waals surface area contributed by atoms with Crippen LogP contribution in [0, 0.1) is 5.41 Å². The predicted molar refractivity (Wildman–Crippen MR) is 117 cm³/mol. The van der Waals surface area contributed by atoms with Crippen LogP contribution in [0.15, 0.2) is 54.2 Å². The zero-order chi connectivity index (χ0) is 20.6. The predicted octanol–water partition coefficient (Wildman–Crippen LogP) is 3.29. The van der Waals surface area contributed by atoms with Gasteiger partial charge in [0.2, 0.25) is 5.91 Å². The fraction of sp³-hybridized carbons (Fsp3) is 0.435. The van der Waals surface area contributed by atoms with Gasteiger partial charge in [-0.25, -0.2) is 4.98 Å². The Kier molecular flexibility index (Phi) is 5.16. The summed E-state index contributed by atoms with van der Waals surface area (Å²) in [7, 11) is 1.99. The van der Waals surface area contributed by atoms with Crippen molar-refractivity contribution in [2.75, 3.05) is 19.6 Å². The summed E-state index contributed by atoms with van der Waals surface area (Å²) in [5.41, 5.74) is 1.96. The number of hydrogen-bond donors (Lipinski definition) is 0. The summed E-state index contributed by atoms with van der Waals surface area (Å²) in [5, 5.41) is 7.55. The molecule has 0 radical (unpaired) electrons. The molecular weight excluding hydrogens is 394 g/mol. The SMILES string of the molecule is Cn1nccc1[C@@H]1CN(Cc2nccs2)C[C@]12CCCN(Cc1ccccc1)C2=O. The molecule has 6 nitrogen and oxygen atoms in total. The van der Waals surface area contributed by atoms with Gasteiger partial charge in [0.25, 0.3) is 0 Å². The molecule has 5 rings (SSSR count). The number of piperidine rings is 1. The quantitative estimate of drug-likeness (QED) is 0.634. The molecule has 1 amide bonds. The number of hydrogen-bond acceptors (Lipinski definition) is 5. The van der Waals surface area contributed by atoms with Crippen LogP contribution in [-0.2, 0) is 24.9 Å². The highest BCUT2D eigenvalue weighted by atomic mass is 32.1. The van der Waals surface area contributed by atoms with E-state index in [1.165, 1.54) is 5.56 Å².